The molecule has 2 bridgehead atoms. The lowest BCUT2D eigenvalue weighted by molar-refractivity contribution is -0.158. The van der Waals surface area contributed by atoms with E-state index >= 15 is 0 Å². The monoisotopic (exact) mass is 545 g/mol. The second-order valence-corrected chi connectivity index (χ2v) is 11.3. The van der Waals surface area contributed by atoms with Gasteiger partial charge in [-0.25, -0.2) is 9.78 Å². The SMILES string of the molecule is CC1=C[C@@H](O)C[C@@H](O)Cc2nc(cs2)C(=O)N2CCC[C@@H]2C(=O)O[C@H](C(C)C)[C@H](C)/C=C/C(=O)NCC=C1. The molecule has 0 saturated carbocycles. The van der Waals surface area contributed by atoms with Crippen molar-refractivity contribution in [2.24, 2.45) is 11.8 Å². The molecular weight excluding hydrogens is 506 g/mol. The molecule has 0 unspecified atom stereocenters. The summed E-state index contributed by atoms with van der Waals surface area (Å²) in [5, 5.41) is 25.8. The van der Waals surface area contributed by atoms with Gasteiger partial charge in [0.05, 0.1) is 17.2 Å². The highest BCUT2D eigenvalue weighted by atomic mass is 32.1. The van der Waals surface area contributed by atoms with Crippen LogP contribution < -0.4 is 5.32 Å². The Labute approximate surface area is 228 Å². The van der Waals surface area contributed by atoms with Gasteiger partial charge in [-0.05, 0) is 31.8 Å². The van der Waals surface area contributed by atoms with Crippen LogP contribution in [-0.2, 0) is 20.7 Å². The van der Waals surface area contributed by atoms with E-state index in [1.165, 1.54) is 22.3 Å². The third-order valence-electron chi connectivity index (χ3n) is 6.69. The number of esters is 1. The third kappa shape index (κ3) is 8.34. The molecule has 10 heteroatoms. The number of nitrogens with zero attached hydrogens (tertiary/aromatic N) is 2. The number of rotatable bonds is 1. The smallest absolute Gasteiger partial charge is 0.329 e. The summed E-state index contributed by atoms with van der Waals surface area (Å²) in [7, 11) is 0. The highest BCUT2D eigenvalue weighted by molar-refractivity contribution is 7.09. The molecule has 2 aliphatic rings. The number of allylic oxidation sites excluding steroid dienone is 2. The zero-order valence-electron chi connectivity index (χ0n) is 22.5. The average molecular weight is 546 g/mol. The minimum Gasteiger partial charge on any atom is -0.460 e. The van der Waals surface area contributed by atoms with Gasteiger partial charge < -0.3 is 25.2 Å². The molecule has 5 atom stereocenters. The normalized spacial score (nSPS) is 29.4. The van der Waals surface area contributed by atoms with Gasteiger partial charge >= 0.3 is 5.97 Å². The van der Waals surface area contributed by atoms with Crippen LogP contribution in [-0.4, -0.2) is 75.3 Å². The lowest BCUT2D eigenvalue weighted by Gasteiger charge is -2.29. The van der Waals surface area contributed by atoms with Gasteiger partial charge in [0.1, 0.15) is 17.8 Å². The van der Waals surface area contributed by atoms with Gasteiger partial charge in [-0.2, -0.15) is 0 Å². The van der Waals surface area contributed by atoms with Crippen molar-refractivity contribution < 1.29 is 29.3 Å². The minimum atomic E-state index is -0.860. The van der Waals surface area contributed by atoms with Gasteiger partial charge in [0.2, 0.25) is 5.91 Å². The zero-order valence-corrected chi connectivity index (χ0v) is 23.3. The maximum atomic E-state index is 13.3. The number of aliphatic hydroxyl groups is 2. The summed E-state index contributed by atoms with van der Waals surface area (Å²) in [6.45, 7) is 8.37. The second-order valence-electron chi connectivity index (χ2n) is 10.4. The second kappa shape index (κ2) is 13.8. The first-order valence-corrected chi connectivity index (χ1v) is 14.1. The van der Waals surface area contributed by atoms with Gasteiger partial charge in [0.25, 0.3) is 5.91 Å². The number of cyclic esters (lactones) is 1. The van der Waals surface area contributed by atoms with Crippen LogP contribution >= 0.6 is 11.3 Å². The number of aromatic nitrogens is 1. The molecule has 38 heavy (non-hydrogen) atoms. The molecule has 3 heterocycles. The molecule has 0 aromatic carbocycles. The topological polar surface area (TPSA) is 129 Å². The number of fused-ring (bicyclic) bond motifs is 3. The van der Waals surface area contributed by atoms with Crippen LogP contribution in [0, 0.1) is 11.8 Å². The Bertz CT molecular complexity index is 1080. The lowest BCUT2D eigenvalue weighted by atomic mass is 9.94. The summed E-state index contributed by atoms with van der Waals surface area (Å²) >= 11 is 1.27. The molecule has 0 spiro atoms. The van der Waals surface area contributed by atoms with Crippen LogP contribution in [0.2, 0.25) is 0 Å². The van der Waals surface area contributed by atoms with Crippen LogP contribution in [0.5, 0.6) is 0 Å². The Kier molecular flexibility index (Phi) is 10.8. The Balaban J connectivity index is 1.85. The van der Waals surface area contributed by atoms with E-state index in [1.54, 1.807) is 29.7 Å². The average Bonchev–Trinajstić information content (AvgIpc) is 3.52. The van der Waals surface area contributed by atoms with Crippen molar-refractivity contribution in [1.29, 1.82) is 0 Å². The fourth-order valence-corrected chi connectivity index (χ4v) is 5.61. The van der Waals surface area contributed by atoms with E-state index in [1.807, 2.05) is 27.7 Å². The molecule has 2 amide bonds. The summed E-state index contributed by atoms with van der Waals surface area (Å²) in [5.41, 5.74) is 1.03. The van der Waals surface area contributed by atoms with Gasteiger partial charge in [-0.1, -0.05) is 50.6 Å². The van der Waals surface area contributed by atoms with Crippen LogP contribution in [0.15, 0.2) is 41.3 Å². The highest BCUT2D eigenvalue weighted by Crippen LogP contribution is 2.26. The van der Waals surface area contributed by atoms with Gasteiger partial charge in [0.15, 0.2) is 0 Å². The van der Waals surface area contributed by atoms with E-state index < -0.39 is 30.3 Å². The molecule has 3 rings (SSSR count). The first-order chi connectivity index (χ1) is 18.0. The molecular formula is C28H39N3O6S. The lowest BCUT2D eigenvalue weighted by Crippen LogP contribution is -2.44. The van der Waals surface area contributed by atoms with Crippen molar-refractivity contribution in [2.45, 2.75) is 77.7 Å². The maximum absolute atomic E-state index is 13.3. The van der Waals surface area contributed by atoms with E-state index in [0.717, 1.165) is 5.57 Å². The number of ether oxygens (including phenoxy) is 1. The fraction of sp³-hybridized carbons (Fsp3) is 0.571. The van der Waals surface area contributed by atoms with Crippen LogP contribution in [0.3, 0.4) is 0 Å². The Hall–Kier alpha value is -2.82. The number of amides is 2. The Morgan fingerprint density at radius 2 is 1.97 bits per heavy atom. The Morgan fingerprint density at radius 1 is 1.21 bits per heavy atom. The molecule has 0 radical (unpaired) electrons. The largest absolute Gasteiger partial charge is 0.460 e. The van der Waals surface area contributed by atoms with E-state index in [-0.39, 0.29) is 42.2 Å². The number of aliphatic hydroxyl groups excluding tert-OH is 2. The number of hydrogen-bond acceptors (Lipinski definition) is 8. The van der Waals surface area contributed by atoms with Crippen LogP contribution in [0.4, 0.5) is 0 Å². The predicted molar refractivity (Wildman–Crippen MR) is 145 cm³/mol. The number of hydrogen-bond donors (Lipinski definition) is 3. The van der Waals surface area contributed by atoms with Crippen molar-refractivity contribution in [1.82, 2.24) is 15.2 Å². The molecule has 9 nitrogen and oxygen atoms in total. The fourth-order valence-electron chi connectivity index (χ4n) is 4.77. The van der Waals surface area contributed by atoms with E-state index in [4.69, 9.17) is 4.74 Å². The van der Waals surface area contributed by atoms with E-state index in [2.05, 4.69) is 10.3 Å². The molecule has 2 aliphatic heterocycles. The molecule has 1 aromatic rings. The molecule has 3 N–H and O–H groups in total. The summed E-state index contributed by atoms with van der Waals surface area (Å²) in [6, 6.07) is -0.697. The van der Waals surface area contributed by atoms with Crippen molar-refractivity contribution in [3.63, 3.8) is 0 Å². The van der Waals surface area contributed by atoms with Crippen molar-refractivity contribution in [2.75, 3.05) is 13.1 Å². The van der Waals surface area contributed by atoms with E-state index in [9.17, 15) is 24.6 Å². The van der Waals surface area contributed by atoms with Crippen molar-refractivity contribution in [3.8, 4) is 0 Å². The predicted octanol–water partition coefficient (Wildman–Crippen LogP) is 2.79. The number of thiazole rings is 1. The summed E-state index contributed by atoms with van der Waals surface area (Å²) in [6.07, 6.45) is 7.73. The molecule has 0 aliphatic carbocycles. The number of carbonyl (C=O) groups is 3. The van der Waals surface area contributed by atoms with Gasteiger partial charge in [-0.3, -0.25) is 9.59 Å². The van der Waals surface area contributed by atoms with Gasteiger partial charge in [-0.15, -0.1) is 11.3 Å². The molecule has 208 valence electrons. The Morgan fingerprint density at radius 3 is 2.71 bits per heavy atom. The zero-order chi connectivity index (χ0) is 27.8. The molecule has 1 aromatic heterocycles. The summed E-state index contributed by atoms with van der Waals surface area (Å²) in [4.78, 5) is 44.7. The number of carbonyl (C=O) groups excluding carboxylic acids is 3. The van der Waals surface area contributed by atoms with Crippen LogP contribution in [0.25, 0.3) is 0 Å². The highest BCUT2D eigenvalue weighted by Gasteiger charge is 2.38. The van der Waals surface area contributed by atoms with Gasteiger partial charge in [0, 0.05) is 37.2 Å². The first kappa shape index (κ1) is 29.7. The van der Waals surface area contributed by atoms with Crippen molar-refractivity contribution >= 4 is 29.1 Å². The van der Waals surface area contributed by atoms with E-state index in [0.29, 0.717) is 30.9 Å². The summed E-state index contributed by atoms with van der Waals surface area (Å²) < 4.78 is 5.91. The number of nitrogens with one attached hydrogen (secondary N) is 1. The molecule has 1 fully saturated rings. The van der Waals surface area contributed by atoms with Crippen molar-refractivity contribution in [3.05, 3.63) is 52.0 Å². The molecule has 1 saturated heterocycles. The standard InChI is InChI=1S/C28H39N3O6S/c1-17(2)26-19(4)9-10-24(34)29-11-5-7-18(3)13-20(32)14-21(33)15-25-30-22(16-38-25)27(35)31-12-6-8-23(31)28(36)37-26/h5,7,9-10,13,16-17,19-21,23,26,32-33H,6,8,11-12,14-15H2,1-4H3,(H,29,34)/b7-5?,10-9+,18-13?/t19-,20-,21-,23-,26-/m1/s1. The third-order valence-corrected chi connectivity index (χ3v) is 7.56. The quantitative estimate of drug-likeness (QED) is 0.463. The van der Waals surface area contributed by atoms with Crippen LogP contribution in [0.1, 0.15) is 62.5 Å². The maximum Gasteiger partial charge on any atom is 0.329 e. The minimum absolute atomic E-state index is 0.00210. The summed E-state index contributed by atoms with van der Waals surface area (Å²) in [5.74, 6) is -1.27. The first-order valence-electron chi connectivity index (χ1n) is 13.2.